The van der Waals surface area contributed by atoms with Gasteiger partial charge < -0.3 is 9.52 Å². The van der Waals surface area contributed by atoms with Crippen LogP contribution in [0.15, 0.2) is 27.1 Å². The first-order valence-electron chi connectivity index (χ1n) is 5.07. The molecule has 0 unspecified atom stereocenters. The van der Waals surface area contributed by atoms with Crippen LogP contribution >= 0.6 is 15.9 Å². The zero-order valence-electron chi connectivity index (χ0n) is 9.12. The number of halogens is 1. The topological polar surface area (TPSA) is 46.3 Å². The van der Waals surface area contributed by atoms with Crippen LogP contribution in [0.2, 0.25) is 0 Å². The Balaban J connectivity index is 2.49. The molecule has 1 aromatic carbocycles. The highest BCUT2D eigenvalue weighted by atomic mass is 79.9. The summed E-state index contributed by atoms with van der Waals surface area (Å²) in [5.74, 6) is 1.76. The van der Waals surface area contributed by atoms with Crippen molar-refractivity contribution >= 4 is 15.9 Å². The molecule has 1 heterocycles. The summed E-state index contributed by atoms with van der Waals surface area (Å²) in [5, 5.41) is 9.42. The van der Waals surface area contributed by atoms with Crippen LogP contribution in [0.25, 0.3) is 11.3 Å². The maximum absolute atomic E-state index is 9.42. The first kappa shape index (κ1) is 11.2. The zero-order valence-corrected chi connectivity index (χ0v) is 10.7. The molecule has 0 aliphatic rings. The number of nitrogens with zero attached hydrogens (tertiary/aromatic N) is 1. The molecule has 0 radical (unpaired) electrons. The standard InChI is InChI=1S/C12H12BrNO2/c1-3-11-14-12(7(2)16-11)8-4-5-10(15)9(13)6-8/h4-6,15H,3H2,1-2H3. The molecular weight excluding hydrogens is 270 g/mol. The van der Waals surface area contributed by atoms with Crippen molar-refractivity contribution in [2.24, 2.45) is 0 Å². The van der Waals surface area contributed by atoms with Crippen molar-refractivity contribution in [2.45, 2.75) is 20.3 Å². The van der Waals surface area contributed by atoms with Gasteiger partial charge in [-0.2, -0.15) is 0 Å². The summed E-state index contributed by atoms with van der Waals surface area (Å²) in [6.07, 6.45) is 0.778. The molecule has 4 heteroatoms. The van der Waals surface area contributed by atoms with Crippen LogP contribution in [-0.4, -0.2) is 10.1 Å². The van der Waals surface area contributed by atoms with Crippen LogP contribution in [0.3, 0.4) is 0 Å². The summed E-state index contributed by atoms with van der Waals surface area (Å²) in [4.78, 5) is 4.40. The van der Waals surface area contributed by atoms with E-state index in [1.54, 1.807) is 6.07 Å². The number of phenolic OH excluding ortho intramolecular Hbond substituents is 1. The van der Waals surface area contributed by atoms with Gasteiger partial charge in [-0.25, -0.2) is 4.98 Å². The maximum atomic E-state index is 9.42. The van der Waals surface area contributed by atoms with Gasteiger partial charge in [0, 0.05) is 12.0 Å². The Labute approximate surface area is 102 Å². The van der Waals surface area contributed by atoms with Crippen LogP contribution < -0.4 is 0 Å². The number of aromatic nitrogens is 1. The number of phenols is 1. The second-order valence-corrected chi connectivity index (χ2v) is 4.39. The lowest BCUT2D eigenvalue weighted by Crippen LogP contribution is -1.82. The lowest BCUT2D eigenvalue weighted by atomic mass is 10.1. The number of benzene rings is 1. The van der Waals surface area contributed by atoms with Crippen LogP contribution in [0.1, 0.15) is 18.6 Å². The van der Waals surface area contributed by atoms with E-state index < -0.39 is 0 Å². The maximum Gasteiger partial charge on any atom is 0.194 e. The van der Waals surface area contributed by atoms with Crippen LogP contribution in [-0.2, 0) is 6.42 Å². The van der Waals surface area contributed by atoms with E-state index in [0.717, 1.165) is 29.3 Å². The molecule has 0 saturated heterocycles. The molecule has 0 aliphatic carbocycles. The fourth-order valence-corrected chi connectivity index (χ4v) is 1.90. The van der Waals surface area contributed by atoms with Crippen molar-refractivity contribution in [1.29, 1.82) is 0 Å². The Kier molecular flexibility index (Phi) is 3.01. The summed E-state index contributed by atoms with van der Waals surface area (Å²) in [6, 6.07) is 5.29. The second kappa shape index (κ2) is 4.29. The lowest BCUT2D eigenvalue weighted by molar-refractivity contribution is 0.472. The van der Waals surface area contributed by atoms with Crippen molar-refractivity contribution < 1.29 is 9.52 Å². The van der Waals surface area contributed by atoms with Crippen LogP contribution in [0.5, 0.6) is 5.75 Å². The zero-order chi connectivity index (χ0) is 11.7. The molecule has 2 rings (SSSR count). The Morgan fingerprint density at radius 3 is 2.75 bits per heavy atom. The number of hydrogen-bond acceptors (Lipinski definition) is 3. The predicted molar refractivity (Wildman–Crippen MR) is 65.4 cm³/mol. The number of hydrogen-bond donors (Lipinski definition) is 1. The highest BCUT2D eigenvalue weighted by Gasteiger charge is 2.11. The Hall–Kier alpha value is -1.29. The van der Waals surface area contributed by atoms with Gasteiger partial charge in [0.25, 0.3) is 0 Å². The van der Waals surface area contributed by atoms with Gasteiger partial charge in [0.15, 0.2) is 5.89 Å². The first-order valence-corrected chi connectivity index (χ1v) is 5.86. The largest absolute Gasteiger partial charge is 0.507 e. The fraction of sp³-hybridized carbons (Fsp3) is 0.250. The van der Waals surface area contributed by atoms with E-state index in [1.165, 1.54) is 0 Å². The van der Waals surface area contributed by atoms with Gasteiger partial charge in [-0.3, -0.25) is 0 Å². The number of aromatic hydroxyl groups is 1. The SMILES string of the molecule is CCc1nc(-c2ccc(O)c(Br)c2)c(C)o1. The third-order valence-corrected chi connectivity index (χ3v) is 3.00. The lowest BCUT2D eigenvalue weighted by Gasteiger charge is -2.00. The van der Waals surface area contributed by atoms with Crippen LogP contribution in [0, 0.1) is 6.92 Å². The molecule has 16 heavy (non-hydrogen) atoms. The Bertz CT molecular complexity index is 520. The summed E-state index contributed by atoms with van der Waals surface area (Å²) in [7, 11) is 0. The Morgan fingerprint density at radius 2 is 2.19 bits per heavy atom. The van der Waals surface area contributed by atoms with Gasteiger partial charge in [-0.15, -0.1) is 0 Å². The minimum Gasteiger partial charge on any atom is -0.507 e. The molecule has 0 aliphatic heterocycles. The molecule has 2 aromatic rings. The smallest absolute Gasteiger partial charge is 0.194 e. The van der Waals surface area contributed by atoms with E-state index in [-0.39, 0.29) is 5.75 Å². The average Bonchev–Trinajstić information content (AvgIpc) is 2.64. The third kappa shape index (κ3) is 1.97. The minimum atomic E-state index is 0.223. The molecule has 0 saturated carbocycles. The fourth-order valence-electron chi connectivity index (χ4n) is 1.52. The molecule has 0 fully saturated rings. The predicted octanol–water partition coefficient (Wildman–Crippen LogP) is 3.68. The summed E-state index contributed by atoms with van der Waals surface area (Å²) >= 11 is 3.28. The molecule has 1 aromatic heterocycles. The van der Waals surface area contributed by atoms with E-state index in [0.29, 0.717) is 4.47 Å². The number of aryl methyl sites for hydroxylation is 2. The molecule has 84 valence electrons. The monoisotopic (exact) mass is 281 g/mol. The minimum absolute atomic E-state index is 0.223. The van der Waals surface area contributed by atoms with Gasteiger partial charge in [0.05, 0.1) is 4.47 Å². The van der Waals surface area contributed by atoms with Crippen molar-refractivity contribution in [1.82, 2.24) is 4.98 Å². The highest BCUT2D eigenvalue weighted by molar-refractivity contribution is 9.10. The molecular formula is C12H12BrNO2. The van der Waals surface area contributed by atoms with E-state index in [2.05, 4.69) is 20.9 Å². The van der Waals surface area contributed by atoms with Gasteiger partial charge in [0.2, 0.25) is 0 Å². The summed E-state index contributed by atoms with van der Waals surface area (Å²) < 4.78 is 6.16. The normalized spacial score (nSPS) is 10.7. The molecule has 0 bridgehead atoms. The van der Waals surface area contributed by atoms with Crippen LogP contribution in [0.4, 0.5) is 0 Å². The van der Waals surface area contributed by atoms with E-state index in [4.69, 9.17) is 4.42 Å². The molecule has 1 N–H and O–H groups in total. The number of rotatable bonds is 2. The summed E-state index contributed by atoms with van der Waals surface area (Å²) in [5.41, 5.74) is 1.77. The van der Waals surface area contributed by atoms with Gasteiger partial charge in [-0.05, 0) is 41.1 Å². The Morgan fingerprint density at radius 1 is 1.44 bits per heavy atom. The second-order valence-electron chi connectivity index (χ2n) is 3.53. The highest BCUT2D eigenvalue weighted by Crippen LogP contribution is 2.31. The molecule has 0 spiro atoms. The van der Waals surface area contributed by atoms with E-state index >= 15 is 0 Å². The quantitative estimate of drug-likeness (QED) is 0.913. The first-order chi connectivity index (χ1) is 7.61. The molecule has 0 amide bonds. The van der Waals surface area contributed by atoms with Crippen molar-refractivity contribution in [3.8, 4) is 17.0 Å². The third-order valence-electron chi connectivity index (χ3n) is 2.36. The number of oxazole rings is 1. The van der Waals surface area contributed by atoms with E-state index in [9.17, 15) is 5.11 Å². The average molecular weight is 282 g/mol. The summed E-state index contributed by atoms with van der Waals surface area (Å²) in [6.45, 7) is 3.89. The van der Waals surface area contributed by atoms with Crippen molar-refractivity contribution in [2.75, 3.05) is 0 Å². The van der Waals surface area contributed by atoms with Gasteiger partial charge in [-0.1, -0.05) is 6.92 Å². The molecule has 0 atom stereocenters. The van der Waals surface area contributed by atoms with Crippen molar-refractivity contribution in [3.05, 3.63) is 34.3 Å². The van der Waals surface area contributed by atoms with Gasteiger partial charge in [0.1, 0.15) is 17.2 Å². The van der Waals surface area contributed by atoms with E-state index in [1.807, 2.05) is 26.0 Å². The molecule has 3 nitrogen and oxygen atoms in total. The van der Waals surface area contributed by atoms with Crippen molar-refractivity contribution in [3.63, 3.8) is 0 Å². The van der Waals surface area contributed by atoms with Gasteiger partial charge >= 0.3 is 0 Å².